The molecule has 0 saturated carbocycles. The van der Waals surface area contributed by atoms with Crippen LogP contribution in [0.2, 0.25) is 0 Å². The Morgan fingerprint density at radius 2 is 1.10 bits per heavy atom. The molecule has 0 unspecified atom stereocenters. The summed E-state index contributed by atoms with van der Waals surface area (Å²) in [6, 6.07) is -0.963. The highest BCUT2D eigenvalue weighted by Crippen LogP contribution is 2.03. The summed E-state index contributed by atoms with van der Waals surface area (Å²) in [7, 11) is 2.92. The van der Waals surface area contributed by atoms with E-state index < -0.39 is 35.8 Å². The largest absolute Gasteiger partial charge is 0.480 e. The number of rotatable bonds is 16. The minimum atomic E-state index is -1.05. The highest BCUT2D eigenvalue weighted by atomic mass is 16.5. The lowest BCUT2D eigenvalue weighted by atomic mass is 10.1. The van der Waals surface area contributed by atoms with Crippen LogP contribution in [0.3, 0.4) is 0 Å². The van der Waals surface area contributed by atoms with Crippen LogP contribution in [0.4, 0.5) is 0 Å². The van der Waals surface area contributed by atoms with Gasteiger partial charge in [0.1, 0.15) is 6.04 Å². The second kappa shape index (κ2) is 20.5. The van der Waals surface area contributed by atoms with Crippen molar-refractivity contribution in [2.24, 2.45) is 0 Å². The van der Waals surface area contributed by atoms with Crippen molar-refractivity contribution in [3.63, 3.8) is 0 Å². The van der Waals surface area contributed by atoms with Gasteiger partial charge in [0, 0.05) is 79.5 Å². The van der Waals surface area contributed by atoms with E-state index in [2.05, 4.69) is 16.0 Å². The molecule has 0 spiro atoms. The summed E-state index contributed by atoms with van der Waals surface area (Å²) in [4.78, 5) is 78.3. The van der Waals surface area contributed by atoms with Gasteiger partial charge in [-0.25, -0.2) is 0 Å². The number of likely N-dealkylation sites (N-methyl/N-ethyl adjacent to an activating group) is 1. The predicted octanol–water partition coefficient (Wildman–Crippen LogP) is -3.76. The van der Waals surface area contributed by atoms with Crippen molar-refractivity contribution in [3.8, 4) is 0 Å². The van der Waals surface area contributed by atoms with E-state index in [0.29, 0.717) is 13.2 Å². The minimum Gasteiger partial charge on any atom is -0.480 e. The lowest BCUT2D eigenvalue weighted by molar-refractivity contribution is -0.140. The molecule has 0 radical (unpaired) electrons. The molecule has 1 fully saturated rings. The summed E-state index contributed by atoms with van der Waals surface area (Å²) in [6.45, 7) is 1.71. The van der Waals surface area contributed by atoms with Crippen molar-refractivity contribution in [1.29, 1.82) is 0 Å². The van der Waals surface area contributed by atoms with Crippen molar-refractivity contribution < 1.29 is 48.8 Å². The van der Waals surface area contributed by atoms with Crippen molar-refractivity contribution >= 4 is 35.6 Å². The Morgan fingerprint density at radius 1 is 0.690 bits per heavy atom. The van der Waals surface area contributed by atoms with Crippen LogP contribution in [0.5, 0.6) is 0 Å². The summed E-state index contributed by atoms with van der Waals surface area (Å²) in [5.41, 5.74) is 0. The number of carboxylic acids is 3. The molecular formula is C25H45N7O10. The van der Waals surface area contributed by atoms with Crippen molar-refractivity contribution in [3.05, 3.63) is 0 Å². The first-order valence-electron chi connectivity index (χ1n) is 13.7. The number of ether oxygens (including phenoxy) is 1. The first-order chi connectivity index (χ1) is 19.9. The molecule has 0 aliphatic carbocycles. The molecule has 1 aliphatic rings. The molecule has 3 amide bonds. The zero-order chi connectivity index (χ0) is 31.5. The molecule has 1 saturated heterocycles. The number of carbonyl (C=O) groups is 6. The Bertz CT molecular complexity index is 875. The summed E-state index contributed by atoms with van der Waals surface area (Å²) < 4.78 is 4.88. The van der Waals surface area contributed by atoms with Gasteiger partial charge in [0.15, 0.2) is 0 Å². The number of nitrogens with zero attached hydrogens (tertiary/aromatic N) is 4. The summed E-state index contributed by atoms with van der Waals surface area (Å²) in [6.07, 6.45) is 0.0643. The van der Waals surface area contributed by atoms with Crippen molar-refractivity contribution in [2.45, 2.75) is 18.9 Å². The molecule has 17 nitrogen and oxygen atoms in total. The standard InChI is InChI=1S/C25H45N7O10/c1-26-25(41)19(3-4-20(33)27-5-14-42-2)28-21(34)15-29-6-8-30(16-22(35)36)10-12-32(18-24(39)40)13-11-31(9-7-29)17-23(37)38/h19H,3-18H2,1-2H3,(H,26,41)(H,27,33)(H,28,34)(H,35,36)(H,37,38)(H,39,40)/t19-/m1/s1. The van der Waals surface area contributed by atoms with Gasteiger partial charge >= 0.3 is 17.9 Å². The van der Waals surface area contributed by atoms with Crippen LogP contribution in [-0.2, 0) is 33.5 Å². The fourth-order valence-electron chi connectivity index (χ4n) is 4.33. The van der Waals surface area contributed by atoms with Crippen LogP contribution in [-0.4, -0.2) is 182 Å². The van der Waals surface area contributed by atoms with E-state index in [1.807, 2.05) is 0 Å². The molecule has 240 valence electrons. The van der Waals surface area contributed by atoms with Gasteiger partial charge < -0.3 is 36.0 Å². The number of carbonyl (C=O) groups excluding carboxylic acids is 3. The van der Waals surface area contributed by atoms with Gasteiger partial charge in [-0.05, 0) is 6.42 Å². The van der Waals surface area contributed by atoms with E-state index in [4.69, 9.17) is 4.74 Å². The molecule has 1 rings (SSSR count). The van der Waals surface area contributed by atoms with E-state index in [-0.39, 0.29) is 97.3 Å². The Labute approximate surface area is 245 Å². The molecule has 1 heterocycles. The molecule has 0 aromatic heterocycles. The van der Waals surface area contributed by atoms with Crippen molar-refractivity contribution in [2.75, 3.05) is 106 Å². The SMILES string of the molecule is CNC(=O)[C@@H](CCC(=O)NCCOC)NC(=O)CN1CCN(CC(=O)O)CCN(CC(=O)O)CCN(CC(=O)O)CC1. The fourth-order valence-corrected chi connectivity index (χ4v) is 4.33. The summed E-state index contributed by atoms with van der Waals surface area (Å²) >= 11 is 0. The third-order valence-corrected chi connectivity index (χ3v) is 6.56. The number of methoxy groups -OCH3 is 1. The first-order valence-corrected chi connectivity index (χ1v) is 13.7. The van der Waals surface area contributed by atoms with Crippen LogP contribution in [0.1, 0.15) is 12.8 Å². The molecule has 6 N–H and O–H groups in total. The van der Waals surface area contributed by atoms with Gasteiger partial charge in [-0.3, -0.25) is 48.4 Å². The van der Waals surface area contributed by atoms with Gasteiger partial charge in [-0.2, -0.15) is 0 Å². The quantitative estimate of drug-likeness (QED) is 0.0933. The second-order valence-corrected chi connectivity index (χ2v) is 9.90. The average Bonchev–Trinajstić information content (AvgIpc) is 2.91. The zero-order valence-corrected chi connectivity index (χ0v) is 24.4. The smallest absolute Gasteiger partial charge is 0.317 e. The molecule has 0 aromatic rings. The fraction of sp³-hybridized carbons (Fsp3) is 0.760. The third-order valence-electron chi connectivity index (χ3n) is 6.56. The first kappa shape index (κ1) is 36.6. The van der Waals surface area contributed by atoms with Crippen molar-refractivity contribution in [1.82, 2.24) is 35.6 Å². The predicted molar refractivity (Wildman–Crippen MR) is 149 cm³/mol. The van der Waals surface area contributed by atoms with Crippen LogP contribution < -0.4 is 16.0 Å². The maximum atomic E-state index is 13.0. The van der Waals surface area contributed by atoms with Crippen LogP contribution >= 0.6 is 0 Å². The van der Waals surface area contributed by atoms with Gasteiger partial charge in [0.2, 0.25) is 17.7 Å². The molecule has 1 atom stereocenters. The second-order valence-electron chi connectivity index (χ2n) is 9.90. The van der Waals surface area contributed by atoms with E-state index in [1.54, 1.807) is 19.6 Å². The number of hydrogen-bond acceptors (Lipinski definition) is 11. The number of carboxylic acid groups (broad SMARTS) is 3. The molecule has 17 heteroatoms. The Hall–Kier alpha value is -3.38. The third kappa shape index (κ3) is 16.8. The molecule has 0 bridgehead atoms. The zero-order valence-electron chi connectivity index (χ0n) is 24.4. The summed E-state index contributed by atoms with van der Waals surface area (Å²) in [5.74, 6) is -4.40. The number of aliphatic carboxylic acids is 3. The molecule has 42 heavy (non-hydrogen) atoms. The maximum Gasteiger partial charge on any atom is 0.317 e. The Balaban J connectivity index is 2.96. The highest BCUT2D eigenvalue weighted by molar-refractivity contribution is 5.88. The topological polar surface area (TPSA) is 221 Å². The molecule has 0 aromatic carbocycles. The van der Waals surface area contributed by atoms with E-state index in [9.17, 15) is 44.1 Å². The van der Waals surface area contributed by atoms with Crippen LogP contribution in [0.25, 0.3) is 0 Å². The van der Waals surface area contributed by atoms with Gasteiger partial charge in [-0.1, -0.05) is 0 Å². The van der Waals surface area contributed by atoms with E-state index >= 15 is 0 Å². The van der Waals surface area contributed by atoms with E-state index in [0.717, 1.165) is 0 Å². The Morgan fingerprint density at radius 3 is 1.45 bits per heavy atom. The molecular weight excluding hydrogens is 558 g/mol. The monoisotopic (exact) mass is 603 g/mol. The van der Waals surface area contributed by atoms with Gasteiger partial charge in [0.05, 0.1) is 32.8 Å². The Kier molecular flexibility index (Phi) is 17.9. The number of amides is 3. The average molecular weight is 604 g/mol. The normalized spacial score (nSPS) is 17.3. The van der Waals surface area contributed by atoms with Crippen LogP contribution in [0.15, 0.2) is 0 Å². The number of nitrogens with one attached hydrogen (secondary N) is 3. The summed E-state index contributed by atoms with van der Waals surface area (Å²) in [5, 5.41) is 35.8. The van der Waals surface area contributed by atoms with E-state index in [1.165, 1.54) is 14.2 Å². The van der Waals surface area contributed by atoms with Gasteiger partial charge in [-0.15, -0.1) is 0 Å². The van der Waals surface area contributed by atoms with Gasteiger partial charge in [0.25, 0.3) is 0 Å². The highest BCUT2D eigenvalue weighted by Gasteiger charge is 2.24. The lowest BCUT2D eigenvalue weighted by Gasteiger charge is -2.33. The lowest BCUT2D eigenvalue weighted by Crippen LogP contribution is -2.52. The minimum absolute atomic E-state index is 0.00100. The van der Waals surface area contributed by atoms with Crippen LogP contribution in [0, 0.1) is 0 Å². The molecule has 1 aliphatic heterocycles. The number of hydrogen-bond donors (Lipinski definition) is 6. The maximum absolute atomic E-state index is 13.0.